The summed E-state index contributed by atoms with van der Waals surface area (Å²) < 4.78 is 6.30. The van der Waals surface area contributed by atoms with Crippen molar-refractivity contribution in [3.05, 3.63) is 27.0 Å². The van der Waals surface area contributed by atoms with Crippen LogP contribution < -0.4 is 21.3 Å². The van der Waals surface area contributed by atoms with Crippen molar-refractivity contribution in [2.45, 2.75) is 13.1 Å². The highest BCUT2D eigenvalue weighted by Gasteiger charge is 2.21. The van der Waals surface area contributed by atoms with Crippen molar-refractivity contribution in [3.63, 3.8) is 0 Å². The summed E-state index contributed by atoms with van der Waals surface area (Å²) in [6.45, 7) is 1.46. The maximum atomic E-state index is 5.92. The second-order valence-corrected chi connectivity index (χ2v) is 5.70. The molecule has 3 rings (SSSR count). The van der Waals surface area contributed by atoms with Gasteiger partial charge in [0.25, 0.3) is 0 Å². The summed E-state index contributed by atoms with van der Waals surface area (Å²) in [5, 5.41) is 3.27. The predicted molar refractivity (Wildman–Crippen MR) is 87.1 cm³/mol. The maximum Gasteiger partial charge on any atom is 0.220 e. The molecule has 1 aliphatic heterocycles. The van der Waals surface area contributed by atoms with Crippen molar-refractivity contribution in [3.8, 4) is 17.0 Å². The second-order valence-electron chi connectivity index (χ2n) is 4.53. The van der Waals surface area contributed by atoms with Gasteiger partial charge >= 0.3 is 0 Å². The Labute approximate surface area is 131 Å². The lowest BCUT2D eigenvalue weighted by atomic mass is 9.92. The monoisotopic (exact) mass is 378 g/mol. The SMILES string of the molecule is [B]c1cc(I)c(-c2nc(N)nc3c2CNC3)cc1OC. The third-order valence-electron chi connectivity index (χ3n) is 3.28. The minimum absolute atomic E-state index is 0.286. The van der Waals surface area contributed by atoms with Gasteiger partial charge in [-0.05, 0) is 28.7 Å². The van der Waals surface area contributed by atoms with Crippen LogP contribution in [0, 0.1) is 3.57 Å². The van der Waals surface area contributed by atoms with Crippen LogP contribution in [0.4, 0.5) is 5.95 Å². The number of methoxy groups -OCH3 is 1. The molecule has 0 fully saturated rings. The second kappa shape index (κ2) is 5.21. The van der Waals surface area contributed by atoms with Crippen molar-refractivity contribution < 1.29 is 4.74 Å². The molecule has 5 nitrogen and oxygen atoms in total. The van der Waals surface area contributed by atoms with Crippen LogP contribution in [0.1, 0.15) is 11.3 Å². The first-order valence-electron chi connectivity index (χ1n) is 6.09. The van der Waals surface area contributed by atoms with E-state index < -0.39 is 0 Å². The first kappa shape index (κ1) is 13.6. The topological polar surface area (TPSA) is 73.1 Å². The smallest absolute Gasteiger partial charge is 0.220 e. The highest BCUT2D eigenvalue weighted by atomic mass is 127. The Bertz CT molecular complexity index is 693. The van der Waals surface area contributed by atoms with Gasteiger partial charge in [0.1, 0.15) is 13.6 Å². The van der Waals surface area contributed by atoms with Crippen molar-refractivity contribution in [1.82, 2.24) is 15.3 Å². The van der Waals surface area contributed by atoms with Crippen LogP contribution >= 0.6 is 22.6 Å². The van der Waals surface area contributed by atoms with Crippen LogP contribution in [-0.4, -0.2) is 24.9 Å². The van der Waals surface area contributed by atoms with E-state index in [1.54, 1.807) is 7.11 Å². The highest BCUT2D eigenvalue weighted by Crippen LogP contribution is 2.32. The van der Waals surface area contributed by atoms with Crippen LogP contribution in [0.3, 0.4) is 0 Å². The number of nitrogen functional groups attached to an aromatic ring is 1. The fraction of sp³-hybridized carbons (Fsp3) is 0.231. The molecule has 0 amide bonds. The lowest BCUT2D eigenvalue weighted by Gasteiger charge is -2.13. The van der Waals surface area contributed by atoms with E-state index in [2.05, 4.69) is 37.9 Å². The highest BCUT2D eigenvalue weighted by molar-refractivity contribution is 14.1. The van der Waals surface area contributed by atoms with Crippen LogP contribution in [0.25, 0.3) is 11.3 Å². The maximum absolute atomic E-state index is 5.92. The standard InChI is InChI=1S/C13H12BIN4O/c1-20-11-2-6(9(15)3-8(11)14)12-7-4-17-5-10(7)18-13(16)19-12/h2-3,17H,4-5H2,1H3,(H2,16,18,19). The predicted octanol–water partition coefficient (Wildman–Crippen LogP) is 0.736. The number of hydrogen-bond donors (Lipinski definition) is 2. The largest absolute Gasteiger partial charge is 0.497 e. The third-order valence-corrected chi connectivity index (χ3v) is 4.17. The van der Waals surface area contributed by atoms with E-state index in [0.29, 0.717) is 11.2 Å². The molecule has 0 bridgehead atoms. The summed E-state index contributed by atoms with van der Waals surface area (Å²) in [6.07, 6.45) is 0. The molecule has 0 saturated heterocycles. The Morgan fingerprint density at radius 3 is 2.90 bits per heavy atom. The molecule has 100 valence electrons. The minimum atomic E-state index is 0.286. The Morgan fingerprint density at radius 1 is 1.35 bits per heavy atom. The minimum Gasteiger partial charge on any atom is -0.497 e. The van der Waals surface area contributed by atoms with Gasteiger partial charge in [-0.2, -0.15) is 0 Å². The number of aromatic nitrogens is 2. The van der Waals surface area contributed by atoms with E-state index in [1.165, 1.54) is 0 Å². The molecular formula is C13H12BIN4O. The first-order chi connectivity index (χ1) is 9.60. The molecule has 0 atom stereocenters. The Hall–Kier alpha value is -1.35. The number of benzene rings is 1. The van der Waals surface area contributed by atoms with Crippen LogP contribution in [0.5, 0.6) is 5.75 Å². The molecule has 0 spiro atoms. The zero-order chi connectivity index (χ0) is 14.3. The molecule has 2 radical (unpaired) electrons. The molecule has 1 aromatic heterocycles. The number of hydrogen-bond acceptors (Lipinski definition) is 5. The van der Waals surface area contributed by atoms with Gasteiger partial charge in [-0.3, -0.25) is 0 Å². The van der Waals surface area contributed by atoms with E-state index in [4.69, 9.17) is 18.3 Å². The Morgan fingerprint density at radius 2 is 2.15 bits per heavy atom. The average Bonchev–Trinajstić information content (AvgIpc) is 2.86. The van der Waals surface area contributed by atoms with Crippen LogP contribution in [0.15, 0.2) is 12.1 Å². The molecule has 2 heterocycles. The average molecular weight is 378 g/mol. The van der Waals surface area contributed by atoms with Gasteiger partial charge in [0.05, 0.1) is 18.5 Å². The van der Waals surface area contributed by atoms with Gasteiger partial charge in [-0.1, -0.05) is 11.5 Å². The molecule has 7 heteroatoms. The lowest BCUT2D eigenvalue weighted by Crippen LogP contribution is -2.10. The van der Waals surface area contributed by atoms with E-state index in [9.17, 15) is 0 Å². The van der Waals surface area contributed by atoms with Crippen molar-refractivity contribution in [2.75, 3.05) is 12.8 Å². The fourth-order valence-corrected chi connectivity index (χ4v) is 3.08. The van der Waals surface area contributed by atoms with E-state index >= 15 is 0 Å². The molecule has 2 aromatic rings. The normalized spacial score (nSPS) is 13.3. The van der Waals surface area contributed by atoms with Gasteiger partial charge in [0.2, 0.25) is 5.95 Å². The number of nitrogens with zero attached hydrogens (tertiary/aromatic N) is 2. The molecule has 0 aliphatic carbocycles. The lowest BCUT2D eigenvalue weighted by molar-refractivity contribution is 0.418. The van der Waals surface area contributed by atoms with Gasteiger partial charge in [0, 0.05) is 27.8 Å². The molecule has 0 saturated carbocycles. The number of ether oxygens (including phenoxy) is 1. The number of anilines is 1. The van der Waals surface area contributed by atoms with Crippen molar-refractivity contribution >= 4 is 41.8 Å². The zero-order valence-electron chi connectivity index (χ0n) is 10.9. The fourth-order valence-electron chi connectivity index (χ4n) is 2.34. The first-order valence-corrected chi connectivity index (χ1v) is 7.17. The van der Waals surface area contributed by atoms with Gasteiger partial charge in [-0.25, -0.2) is 9.97 Å². The summed E-state index contributed by atoms with van der Waals surface area (Å²) in [5.41, 5.74) is 10.3. The van der Waals surface area contributed by atoms with Gasteiger partial charge in [-0.15, -0.1) is 0 Å². The number of fused-ring (bicyclic) bond motifs is 1. The number of halogens is 1. The summed E-state index contributed by atoms with van der Waals surface area (Å²) in [5.74, 6) is 0.923. The molecule has 0 unspecified atom stereocenters. The Balaban J connectivity index is 2.24. The quantitative estimate of drug-likeness (QED) is 0.596. The third kappa shape index (κ3) is 2.24. The number of nitrogens with two attached hydrogens (primary N) is 1. The van der Waals surface area contributed by atoms with Crippen LogP contribution in [-0.2, 0) is 13.1 Å². The molecule has 3 N–H and O–H groups in total. The molecule has 1 aliphatic rings. The van der Waals surface area contributed by atoms with Crippen molar-refractivity contribution in [2.24, 2.45) is 0 Å². The number of rotatable bonds is 2. The van der Waals surface area contributed by atoms with Gasteiger partial charge in [0.15, 0.2) is 0 Å². The summed E-state index contributed by atoms with van der Waals surface area (Å²) in [4.78, 5) is 8.68. The van der Waals surface area contributed by atoms with E-state index in [-0.39, 0.29) is 5.95 Å². The molecular weight excluding hydrogens is 366 g/mol. The van der Waals surface area contributed by atoms with Gasteiger partial charge < -0.3 is 15.8 Å². The molecule has 1 aromatic carbocycles. The Kier molecular flexibility index (Phi) is 3.55. The van der Waals surface area contributed by atoms with E-state index in [0.717, 1.165) is 39.2 Å². The number of nitrogens with one attached hydrogen (secondary N) is 1. The molecule has 20 heavy (non-hydrogen) atoms. The zero-order valence-corrected chi connectivity index (χ0v) is 13.1. The van der Waals surface area contributed by atoms with E-state index in [1.807, 2.05) is 12.1 Å². The van der Waals surface area contributed by atoms with Crippen LogP contribution in [0.2, 0.25) is 0 Å². The summed E-state index contributed by atoms with van der Waals surface area (Å²) in [7, 11) is 7.52. The summed E-state index contributed by atoms with van der Waals surface area (Å²) >= 11 is 2.24. The summed E-state index contributed by atoms with van der Waals surface area (Å²) in [6, 6.07) is 3.78. The van der Waals surface area contributed by atoms with Crippen molar-refractivity contribution in [1.29, 1.82) is 0 Å².